The Balaban J connectivity index is 1.20. The summed E-state index contributed by atoms with van der Waals surface area (Å²) in [6.45, 7) is 4.75. The van der Waals surface area contributed by atoms with Gasteiger partial charge in [-0.1, -0.05) is 179 Å². The van der Waals surface area contributed by atoms with Gasteiger partial charge < -0.3 is 0 Å². The van der Waals surface area contributed by atoms with Gasteiger partial charge in [0, 0.05) is 11.3 Å². The second-order valence-electron chi connectivity index (χ2n) is 18.5. The van der Waals surface area contributed by atoms with Gasteiger partial charge in [-0.3, -0.25) is 0 Å². The minimum absolute atomic E-state index is 0.285. The average Bonchev–Trinajstić information content (AvgIpc) is 3.96. The maximum absolute atomic E-state index is 2.57. The Morgan fingerprint density at radius 1 is 0.367 bits per heavy atom. The summed E-state index contributed by atoms with van der Waals surface area (Å²) in [7, 11) is 0. The van der Waals surface area contributed by atoms with Gasteiger partial charge in [-0.05, 0) is 163 Å². The number of unbranched alkanes of at least 4 members (excludes halogenated alkanes) is 2. The molecular formula is C60H42. The van der Waals surface area contributed by atoms with Gasteiger partial charge in [-0.2, -0.15) is 0 Å². The minimum Gasteiger partial charge on any atom is -0.0654 e. The quantitative estimate of drug-likeness (QED) is 0.158. The Morgan fingerprint density at radius 2 is 0.867 bits per heavy atom. The van der Waals surface area contributed by atoms with Gasteiger partial charge in [-0.15, -0.1) is 0 Å². The maximum Gasteiger partial charge on any atom is 0.0476 e. The molecule has 0 N–H and O–H groups in total. The highest BCUT2D eigenvalue weighted by Gasteiger charge is 2.56. The third kappa shape index (κ3) is 3.37. The molecule has 2 atom stereocenters. The number of fused-ring (bicyclic) bond motifs is 26. The van der Waals surface area contributed by atoms with Gasteiger partial charge in [0.15, 0.2) is 0 Å². The van der Waals surface area contributed by atoms with Crippen LogP contribution in [0.4, 0.5) is 0 Å². The van der Waals surface area contributed by atoms with E-state index in [1.54, 1.807) is 11.1 Å². The van der Waals surface area contributed by atoms with Gasteiger partial charge in [0.1, 0.15) is 0 Å². The van der Waals surface area contributed by atoms with E-state index in [1.807, 2.05) is 0 Å². The average molecular weight is 763 g/mol. The minimum atomic E-state index is -0.285. The van der Waals surface area contributed by atoms with Crippen molar-refractivity contribution in [3.63, 3.8) is 0 Å². The van der Waals surface area contributed by atoms with Crippen molar-refractivity contribution in [1.29, 1.82) is 0 Å². The van der Waals surface area contributed by atoms with Crippen molar-refractivity contribution < 1.29 is 0 Å². The molecule has 0 saturated carbocycles. The molecule has 7 aliphatic carbocycles. The fourth-order valence-electron chi connectivity index (χ4n) is 14.0. The number of hydrogen-bond donors (Lipinski definition) is 0. The summed E-state index contributed by atoms with van der Waals surface area (Å²) in [5.41, 5.74) is 39.8. The predicted molar refractivity (Wildman–Crippen MR) is 249 cm³/mol. The lowest BCUT2D eigenvalue weighted by Crippen LogP contribution is -2.29. The fraction of sp³-hybridized carbons (Fsp3) is 0.167. The zero-order valence-electron chi connectivity index (χ0n) is 34.1. The predicted octanol–water partition coefficient (Wildman–Crippen LogP) is 16.1. The highest BCUT2D eigenvalue weighted by Crippen LogP contribution is 2.75. The number of benzene rings is 8. The van der Waals surface area contributed by atoms with E-state index in [2.05, 4.69) is 153 Å². The Hall–Kier alpha value is -6.50. The molecule has 0 aromatic heterocycles. The van der Waals surface area contributed by atoms with Crippen LogP contribution in [0.5, 0.6) is 0 Å². The molecule has 0 spiro atoms. The number of hydrogen-bond acceptors (Lipinski definition) is 0. The van der Waals surface area contributed by atoms with Crippen molar-refractivity contribution in [2.24, 2.45) is 0 Å². The molecule has 15 rings (SSSR count). The van der Waals surface area contributed by atoms with Gasteiger partial charge in [0.25, 0.3) is 0 Å². The molecule has 0 saturated heterocycles. The third-order valence-corrected chi connectivity index (χ3v) is 16.0. The van der Waals surface area contributed by atoms with Crippen molar-refractivity contribution in [2.45, 2.75) is 63.7 Å². The van der Waals surface area contributed by atoms with Crippen molar-refractivity contribution in [2.75, 3.05) is 0 Å². The van der Waals surface area contributed by atoms with E-state index < -0.39 is 0 Å². The Bertz CT molecular complexity index is 3400. The normalized spacial score (nSPS) is 18.1. The van der Waals surface area contributed by atoms with Crippen molar-refractivity contribution in [3.05, 3.63) is 190 Å². The van der Waals surface area contributed by atoms with E-state index in [4.69, 9.17) is 0 Å². The third-order valence-electron chi connectivity index (χ3n) is 16.0. The summed E-state index contributed by atoms with van der Waals surface area (Å²) in [5.74, 6) is 0.352. The summed E-state index contributed by atoms with van der Waals surface area (Å²) in [6.07, 6.45) is 6.99. The van der Waals surface area contributed by atoms with Gasteiger partial charge >= 0.3 is 0 Å². The summed E-state index contributed by atoms with van der Waals surface area (Å²) < 4.78 is 0. The van der Waals surface area contributed by atoms with Crippen molar-refractivity contribution >= 4 is 11.1 Å². The number of rotatable bonds is 6. The van der Waals surface area contributed by atoms with Gasteiger partial charge in [-0.25, -0.2) is 0 Å². The lowest BCUT2D eigenvalue weighted by atomic mass is 9.64. The standard InChI is InChI=1S/C60H42/c1-3-5-18-33-32-19-7-8-20-34(32)46-47-35-21-9-10-22-36(35)48(47)54-42-28-17-30-44-45(42)56(57(54)51(33)46)53-40-26-14-13-25-39(40)52-49-37-23-11-12-24-38(37)50(49)55-41-27-15-16-29-43(41)60(44,31-6-4-2)59(55)58(52)53/h7-17,19-30,33H,3-6,18,31H2,1-2H3/t33-,60-/m0/s1. The SMILES string of the molecule is CCCC[C@H]1c2ccccc2-c2c3c(c4c(c21)C1=C2c5ccccc5-c5c2c2c(c6c5-c5ccccc5-6)-c5ccccc5[C@@]2(CCCC)c2cccc-4c21)-c1ccccc1-3. The molecule has 60 heavy (non-hydrogen) atoms. The zero-order chi connectivity index (χ0) is 39.2. The first-order valence-corrected chi connectivity index (χ1v) is 22.6. The first kappa shape index (κ1) is 32.4. The fourth-order valence-corrected chi connectivity index (χ4v) is 14.0. The lowest BCUT2D eigenvalue weighted by Gasteiger charge is -2.37. The van der Waals surface area contributed by atoms with Crippen LogP contribution < -0.4 is 0 Å². The van der Waals surface area contributed by atoms with Crippen LogP contribution in [-0.2, 0) is 5.41 Å². The molecule has 8 aromatic carbocycles. The van der Waals surface area contributed by atoms with Crippen LogP contribution >= 0.6 is 0 Å². The van der Waals surface area contributed by atoms with E-state index in [9.17, 15) is 0 Å². The van der Waals surface area contributed by atoms with E-state index in [0.717, 1.165) is 19.3 Å². The molecule has 0 unspecified atom stereocenters. The second-order valence-corrected chi connectivity index (χ2v) is 18.5. The van der Waals surface area contributed by atoms with Crippen LogP contribution in [0, 0.1) is 0 Å². The zero-order valence-corrected chi connectivity index (χ0v) is 34.1. The molecular weight excluding hydrogens is 721 g/mol. The van der Waals surface area contributed by atoms with Crippen molar-refractivity contribution in [3.8, 4) is 89.0 Å². The summed E-state index contributed by atoms with van der Waals surface area (Å²) in [4.78, 5) is 0. The lowest BCUT2D eigenvalue weighted by molar-refractivity contribution is 0.538. The molecule has 0 amide bonds. The summed E-state index contributed by atoms with van der Waals surface area (Å²) >= 11 is 0. The topological polar surface area (TPSA) is 0 Å². The Kier molecular flexibility index (Phi) is 5.93. The molecule has 0 bridgehead atoms. The second kappa shape index (κ2) is 11.0. The smallest absolute Gasteiger partial charge is 0.0476 e. The van der Waals surface area contributed by atoms with Crippen LogP contribution in [-0.4, -0.2) is 0 Å². The molecule has 7 aliphatic rings. The molecule has 0 heterocycles. The Labute approximate surface area is 351 Å². The largest absolute Gasteiger partial charge is 0.0654 e. The van der Waals surface area contributed by atoms with Crippen LogP contribution in [0.3, 0.4) is 0 Å². The van der Waals surface area contributed by atoms with Gasteiger partial charge in [0.05, 0.1) is 0 Å². The molecule has 0 aliphatic heterocycles. The van der Waals surface area contributed by atoms with E-state index >= 15 is 0 Å². The molecule has 8 aromatic rings. The maximum atomic E-state index is 2.57. The highest BCUT2D eigenvalue weighted by atomic mass is 14.6. The molecule has 0 nitrogen and oxygen atoms in total. The molecule has 0 radical (unpaired) electrons. The Morgan fingerprint density at radius 3 is 1.55 bits per heavy atom. The molecule has 0 fully saturated rings. The summed E-state index contributed by atoms with van der Waals surface area (Å²) in [5, 5.41) is 0. The van der Waals surface area contributed by atoms with Crippen LogP contribution in [0.1, 0.15) is 108 Å². The first-order valence-electron chi connectivity index (χ1n) is 22.6. The highest BCUT2D eigenvalue weighted by molar-refractivity contribution is 6.31. The molecule has 282 valence electrons. The van der Waals surface area contributed by atoms with Gasteiger partial charge in [0.2, 0.25) is 0 Å². The van der Waals surface area contributed by atoms with Crippen LogP contribution in [0.25, 0.3) is 100 Å². The molecule has 0 heteroatoms. The van der Waals surface area contributed by atoms with Crippen LogP contribution in [0.15, 0.2) is 140 Å². The summed E-state index contributed by atoms with van der Waals surface area (Å²) in [6, 6.07) is 54.7. The van der Waals surface area contributed by atoms with E-state index in [1.165, 1.54) is 158 Å². The van der Waals surface area contributed by atoms with E-state index in [-0.39, 0.29) is 5.41 Å². The monoisotopic (exact) mass is 762 g/mol. The van der Waals surface area contributed by atoms with Crippen LogP contribution in [0.2, 0.25) is 0 Å². The first-order chi connectivity index (χ1) is 29.8. The van der Waals surface area contributed by atoms with Crippen molar-refractivity contribution in [1.82, 2.24) is 0 Å². The van der Waals surface area contributed by atoms with E-state index in [0.29, 0.717) is 5.92 Å².